The van der Waals surface area contributed by atoms with Crippen LogP contribution in [0.2, 0.25) is 5.02 Å². The monoisotopic (exact) mass is 564 g/mol. The third kappa shape index (κ3) is 6.55. The second-order valence-corrected chi connectivity index (χ2v) is 12.0. The summed E-state index contributed by atoms with van der Waals surface area (Å²) in [7, 11) is 0. The van der Waals surface area contributed by atoms with Gasteiger partial charge in [-0.15, -0.1) is 0 Å². The zero-order valence-electron chi connectivity index (χ0n) is 24.0. The summed E-state index contributed by atoms with van der Waals surface area (Å²) in [5.41, 5.74) is 4.43. The molecular weight excluding hydrogens is 528 g/mol. The Kier molecular flexibility index (Phi) is 8.68. The Morgan fingerprint density at radius 1 is 1.12 bits per heavy atom. The largest absolute Gasteiger partial charge is 0.459 e. The second kappa shape index (κ2) is 11.8. The first-order valence-electron chi connectivity index (χ1n) is 13.6. The summed E-state index contributed by atoms with van der Waals surface area (Å²) in [6.07, 6.45) is 0.173. The second-order valence-electron chi connectivity index (χ2n) is 11.5. The van der Waals surface area contributed by atoms with E-state index in [0.29, 0.717) is 47.9 Å². The van der Waals surface area contributed by atoms with E-state index >= 15 is 0 Å². The molecule has 9 heteroatoms. The van der Waals surface area contributed by atoms with Crippen molar-refractivity contribution < 1.29 is 19.1 Å². The highest BCUT2D eigenvalue weighted by atomic mass is 35.5. The molecule has 40 heavy (non-hydrogen) atoms. The summed E-state index contributed by atoms with van der Waals surface area (Å²) in [6, 6.07) is 14.0. The molecule has 0 spiro atoms. The topological polar surface area (TPSA) is 91.3 Å². The number of rotatable bonds is 8. The molecule has 8 nitrogen and oxygen atoms in total. The molecule has 4 rings (SSSR count). The lowest BCUT2D eigenvalue weighted by Gasteiger charge is -2.38. The molecule has 4 amide bonds. The molecule has 0 bridgehead atoms. The molecule has 212 valence electrons. The van der Waals surface area contributed by atoms with Gasteiger partial charge in [-0.1, -0.05) is 68.8 Å². The number of hydrogen-bond acceptors (Lipinski definition) is 4. The van der Waals surface area contributed by atoms with E-state index in [9.17, 15) is 14.4 Å². The first-order valence-corrected chi connectivity index (χ1v) is 13.9. The van der Waals surface area contributed by atoms with Crippen LogP contribution in [0.1, 0.15) is 70.7 Å². The number of aliphatic imine (C=N–C) groups is 1. The van der Waals surface area contributed by atoms with Gasteiger partial charge in [0, 0.05) is 23.8 Å². The lowest BCUT2D eigenvalue weighted by molar-refractivity contribution is -0.143. The first kappa shape index (κ1) is 29.3. The summed E-state index contributed by atoms with van der Waals surface area (Å²) in [4.78, 5) is 46.6. The molecule has 0 saturated carbocycles. The zero-order valence-corrected chi connectivity index (χ0v) is 24.7. The number of nitrogens with one attached hydrogen (secondary N) is 1. The predicted molar refractivity (Wildman–Crippen MR) is 157 cm³/mol. The Bertz CT molecular complexity index is 1360. The van der Waals surface area contributed by atoms with Gasteiger partial charge in [0.15, 0.2) is 0 Å². The fourth-order valence-corrected chi connectivity index (χ4v) is 5.17. The molecule has 0 radical (unpaired) electrons. The van der Waals surface area contributed by atoms with Gasteiger partial charge in [-0.3, -0.25) is 0 Å². The van der Waals surface area contributed by atoms with Crippen molar-refractivity contribution in [3.05, 3.63) is 81.5 Å². The minimum Gasteiger partial charge on any atom is -0.459 e. The molecule has 1 unspecified atom stereocenters. The lowest BCUT2D eigenvalue weighted by atomic mass is 9.86. The van der Waals surface area contributed by atoms with Gasteiger partial charge in [0.1, 0.15) is 0 Å². The molecule has 0 saturated heterocycles. The summed E-state index contributed by atoms with van der Waals surface area (Å²) < 4.78 is 5.53. The quantitative estimate of drug-likeness (QED) is 0.384. The smallest absolute Gasteiger partial charge is 0.344 e. The molecule has 2 aromatic rings. The normalized spacial score (nSPS) is 17.9. The summed E-state index contributed by atoms with van der Waals surface area (Å²) >= 11 is 6.29. The maximum absolute atomic E-state index is 13.2. The number of urea groups is 2. The fourth-order valence-electron chi connectivity index (χ4n) is 4.97. The minimum absolute atomic E-state index is 0.0423. The van der Waals surface area contributed by atoms with Crippen molar-refractivity contribution in [3.63, 3.8) is 0 Å². The Balaban J connectivity index is 1.48. The molecule has 0 aliphatic carbocycles. The number of halogens is 1. The summed E-state index contributed by atoms with van der Waals surface area (Å²) in [6.45, 7) is 12.9. The number of esters is 1. The molecule has 2 aromatic carbocycles. The van der Waals surface area contributed by atoms with E-state index < -0.39 is 12.0 Å². The Morgan fingerprint density at radius 2 is 1.82 bits per heavy atom. The van der Waals surface area contributed by atoms with Crippen LogP contribution >= 0.6 is 11.6 Å². The van der Waals surface area contributed by atoms with Gasteiger partial charge in [-0.2, -0.15) is 4.99 Å². The first-order chi connectivity index (χ1) is 18.8. The SMILES string of the molecule is CC1=C(C(=O)OC(C)C)C(c2cccc(Cl)c2)N(CCCN2CC(c3ccc(C(C)(C)C)cc3)=NC2=O)C(=O)N1. The van der Waals surface area contributed by atoms with Crippen LogP contribution in [0.5, 0.6) is 0 Å². The number of carbonyl (C=O) groups excluding carboxylic acids is 3. The van der Waals surface area contributed by atoms with Crippen LogP contribution in [0.4, 0.5) is 9.59 Å². The standard InChI is InChI=1S/C31H37ClN4O4/c1-19(2)40-28(37)26-20(3)33-30(39)36(27(26)22-9-7-10-24(32)17-22)16-8-15-35-18-25(34-29(35)38)21-11-13-23(14-12-21)31(4,5)6/h7,9-14,17,19,27H,8,15-16,18H2,1-6H3,(H,33,39). The van der Waals surface area contributed by atoms with Crippen LogP contribution in [-0.4, -0.2) is 59.3 Å². The molecule has 2 aliphatic rings. The molecule has 2 heterocycles. The fraction of sp³-hybridized carbons (Fsp3) is 0.419. The highest BCUT2D eigenvalue weighted by Gasteiger charge is 2.39. The Morgan fingerprint density at radius 3 is 2.45 bits per heavy atom. The van der Waals surface area contributed by atoms with Crippen LogP contribution < -0.4 is 5.32 Å². The van der Waals surface area contributed by atoms with E-state index in [2.05, 4.69) is 43.2 Å². The van der Waals surface area contributed by atoms with Crippen molar-refractivity contribution >= 4 is 35.3 Å². The van der Waals surface area contributed by atoms with Crippen LogP contribution in [0.3, 0.4) is 0 Å². The number of amides is 4. The van der Waals surface area contributed by atoms with Crippen LogP contribution in [0.25, 0.3) is 0 Å². The maximum Gasteiger partial charge on any atom is 0.344 e. The van der Waals surface area contributed by atoms with Gasteiger partial charge in [-0.25, -0.2) is 14.4 Å². The molecule has 1 N–H and O–H groups in total. The molecule has 0 aromatic heterocycles. The molecule has 1 atom stereocenters. The Labute approximate surface area is 241 Å². The van der Waals surface area contributed by atoms with Crippen LogP contribution in [0.15, 0.2) is 64.8 Å². The van der Waals surface area contributed by atoms with Crippen molar-refractivity contribution in [3.8, 4) is 0 Å². The predicted octanol–water partition coefficient (Wildman–Crippen LogP) is 6.24. The van der Waals surface area contributed by atoms with Crippen molar-refractivity contribution in [1.82, 2.24) is 15.1 Å². The third-order valence-corrected chi connectivity index (χ3v) is 7.26. The van der Waals surface area contributed by atoms with Crippen molar-refractivity contribution in [2.75, 3.05) is 19.6 Å². The van der Waals surface area contributed by atoms with Crippen molar-refractivity contribution in [2.24, 2.45) is 4.99 Å². The van der Waals surface area contributed by atoms with Crippen molar-refractivity contribution in [2.45, 2.75) is 65.5 Å². The van der Waals surface area contributed by atoms with Gasteiger partial charge in [0.25, 0.3) is 0 Å². The van der Waals surface area contributed by atoms with Gasteiger partial charge in [0.05, 0.1) is 30.0 Å². The van der Waals surface area contributed by atoms with Gasteiger partial charge in [0.2, 0.25) is 0 Å². The van der Waals surface area contributed by atoms with Crippen LogP contribution in [-0.2, 0) is 14.9 Å². The van der Waals surface area contributed by atoms with Crippen molar-refractivity contribution in [1.29, 1.82) is 0 Å². The lowest BCUT2D eigenvalue weighted by Crippen LogP contribution is -2.49. The number of nitrogens with zero attached hydrogens (tertiary/aromatic N) is 3. The van der Waals surface area contributed by atoms with E-state index in [-0.39, 0.29) is 23.6 Å². The molecule has 2 aliphatic heterocycles. The number of hydrogen-bond donors (Lipinski definition) is 1. The zero-order chi connectivity index (χ0) is 29.2. The van der Waals surface area contributed by atoms with Gasteiger partial charge >= 0.3 is 18.0 Å². The van der Waals surface area contributed by atoms with Gasteiger partial charge in [-0.05, 0) is 61.4 Å². The Hall–Kier alpha value is -3.65. The van der Waals surface area contributed by atoms with E-state index in [1.807, 2.05) is 18.2 Å². The number of allylic oxidation sites excluding steroid dienone is 1. The molecule has 0 fully saturated rings. The van der Waals surface area contributed by atoms with Gasteiger partial charge < -0.3 is 19.9 Å². The summed E-state index contributed by atoms with van der Waals surface area (Å²) in [5, 5.41) is 3.31. The maximum atomic E-state index is 13.2. The highest BCUT2D eigenvalue weighted by Crippen LogP contribution is 2.35. The van der Waals surface area contributed by atoms with E-state index in [1.165, 1.54) is 5.56 Å². The third-order valence-electron chi connectivity index (χ3n) is 7.02. The number of ether oxygens (including phenoxy) is 1. The minimum atomic E-state index is -0.680. The van der Waals surface area contributed by atoms with Crippen LogP contribution in [0, 0.1) is 0 Å². The van der Waals surface area contributed by atoms with E-state index in [0.717, 1.165) is 11.3 Å². The van der Waals surface area contributed by atoms with E-state index in [4.69, 9.17) is 16.3 Å². The average Bonchev–Trinajstić information content (AvgIpc) is 3.24. The molecular formula is C31H37ClN4O4. The highest BCUT2D eigenvalue weighted by molar-refractivity contribution is 6.30. The van der Waals surface area contributed by atoms with E-state index in [1.54, 1.807) is 48.8 Å². The average molecular weight is 565 g/mol. The number of benzene rings is 2. The summed E-state index contributed by atoms with van der Waals surface area (Å²) in [5.74, 6) is -0.493. The number of carbonyl (C=O) groups is 3.